The van der Waals surface area contributed by atoms with Crippen LogP contribution in [0.4, 0.5) is 0 Å². The molecule has 1 aliphatic heterocycles. The Morgan fingerprint density at radius 1 is 1.20 bits per heavy atom. The maximum Gasteiger partial charge on any atom is 0.137 e. The minimum Gasteiger partial charge on any atom is -0.307 e. The number of likely N-dealkylation sites (tertiary alicyclic amines) is 1. The minimum absolute atomic E-state index is 1.00. The zero-order valence-electron chi connectivity index (χ0n) is 8.76. The molecular weight excluding hydrogens is 186 g/mol. The summed E-state index contributed by atoms with van der Waals surface area (Å²) >= 11 is 0. The molecular formula is C12H15N3. The predicted octanol–water partition coefficient (Wildman–Crippen LogP) is 1.93. The third-order valence-corrected chi connectivity index (χ3v) is 3.00. The molecule has 78 valence electrons. The van der Waals surface area contributed by atoms with E-state index in [0.29, 0.717) is 0 Å². The molecule has 0 spiro atoms. The van der Waals surface area contributed by atoms with Crippen LogP contribution >= 0.6 is 0 Å². The van der Waals surface area contributed by atoms with E-state index >= 15 is 0 Å². The summed E-state index contributed by atoms with van der Waals surface area (Å²) in [5.74, 6) is 0. The summed E-state index contributed by atoms with van der Waals surface area (Å²) in [7, 11) is 0. The van der Waals surface area contributed by atoms with Crippen LogP contribution in [0.25, 0.3) is 5.65 Å². The molecule has 3 heteroatoms. The summed E-state index contributed by atoms with van der Waals surface area (Å²) in [6.07, 6.45) is 6.87. The molecule has 0 amide bonds. The molecule has 2 aromatic heterocycles. The highest BCUT2D eigenvalue weighted by atomic mass is 15.2. The van der Waals surface area contributed by atoms with Crippen molar-refractivity contribution >= 4 is 5.65 Å². The number of hydrogen-bond acceptors (Lipinski definition) is 2. The molecule has 0 aromatic carbocycles. The van der Waals surface area contributed by atoms with Crippen molar-refractivity contribution in [1.82, 2.24) is 14.3 Å². The second-order valence-corrected chi connectivity index (χ2v) is 4.18. The maximum absolute atomic E-state index is 4.60. The summed E-state index contributed by atoms with van der Waals surface area (Å²) in [4.78, 5) is 7.07. The second-order valence-electron chi connectivity index (χ2n) is 4.18. The summed E-state index contributed by atoms with van der Waals surface area (Å²) < 4.78 is 2.09. The highest BCUT2D eigenvalue weighted by molar-refractivity contribution is 5.39. The highest BCUT2D eigenvalue weighted by Gasteiger charge is 2.13. The van der Waals surface area contributed by atoms with E-state index in [-0.39, 0.29) is 0 Å². The summed E-state index contributed by atoms with van der Waals surface area (Å²) in [6, 6.07) is 6.11. The van der Waals surface area contributed by atoms with Crippen molar-refractivity contribution in [2.24, 2.45) is 0 Å². The van der Waals surface area contributed by atoms with Crippen LogP contribution in [-0.4, -0.2) is 27.4 Å². The Morgan fingerprint density at radius 2 is 2.07 bits per heavy atom. The van der Waals surface area contributed by atoms with Gasteiger partial charge in [0.25, 0.3) is 0 Å². The Kier molecular flexibility index (Phi) is 2.18. The Morgan fingerprint density at radius 3 is 2.87 bits per heavy atom. The van der Waals surface area contributed by atoms with Crippen molar-refractivity contribution < 1.29 is 0 Å². The lowest BCUT2D eigenvalue weighted by atomic mass is 10.4. The van der Waals surface area contributed by atoms with E-state index in [2.05, 4.69) is 26.7 Å². The van der Waals surface area contributed by atoms with Gasteiger partial charge in [0.15, 0.2) is 0 Å². The third kappa shape index (κ3) is 1.75. The van der Waals surface area contributed by atoms with Gasteiger partial charge in [-0.15, -0.1) is 0 Å². The average molecular weight is 201 g/mol. The van der Waals surface area contributed by atoms with Crippen molar-refractivity contribution in [2.45, 2.75) is 19.4 Å². The van der Waals surface area contributed by atoms with Crippen molar-refractivity contribution in [2.75, 3.05) is 13.1 Å². The lowest BCUT2D eigenvalue weighted by Crippen LogP contribution is -2.18. The molecule has 15 heavy (non-hydrogen) atoms. The second kappa shape index (κ2) is 3.66. The van der Waals surface area contributed by atoms with Crippen LogP contribution in [-0.2, 0) is 6.54 Å². The van der Waals surface area contributed by atoms with E-state index in [1.165, 1.54) is 31.6 Å². The fraction of sp³-hybridized carbons (Fsp3) is 0.417. The van der Waals surface area contributed by atoms with Crippen LogP contribution in [0, 0.1) is 0 Å². The van der Waals surface area contributed by atoms with Gasteiger partial charge in [0.05, 0.1) is 5.69 Å². The molecule has 1 fully saturated rings. The molecule has 0 N–H and O–H groups in total. The molecule has 0 atom stereocenters. The fourth-order valence-corrected chi connectivity index (χ4v) is 2.23. The summed E-state index contributed by atoms with van der Waals surface area (Å²) in [5, 5.41) is 0. The number of aromatic nitrogens is 2. The minimum atomic E-state index is 1.00. The maximum atomic E-state index is 4.60. The third-order valence-electron chi connectivity index (χ3n) is 3.00. The van der Waals surface area contributed by atoms with Crippen molar-refractivity contribution in [1.29, 1.82) is 0 Å². The molecule has 1 aliphatic rings. The molecule has 3 nitrogen and oxygen atoms in total. The first-order valence-electron chi connectivity index (χ1n) is 5.57. The van der Waals surface area contributed by atoms with E-state index in [1.807, 2.05) is 18.2 Å². The first kappa shape index (κ1) is 8.92. The molecule has 3 heterocycles. The summed E-state index contributed by atoms with van der Waals surface area (Å²) in [6.45, 7) is 3.46. The molecule has 0 aliphatic carbocycles. The van der Waals surface area contributed by atoms with Crippen LogP contribution in [0.3, 0.4) is 0 Å². The van der Waals surface area contributed by atoms with Crippen LogP contribution in [0.5, 0.6) is 0 Å². The fourth-order valence-electron chi connectivity index (χ4n) is 2.23. The Bertz CT molecular complexity index is 422. The first-order chi connectivity index (χ1) is 7.42. The van der Waals surface area contributed by atoms with Gasteiger partial charge < -0.3 is 4.40 Å². The molecule has 0 bridgehead atoms. The molecule has 0 unspecified atom stereocenters. The van der Waals surface area contributed by atoms with Crippen LogP contribution < -0.4 is 0 Å². The Hall–Kier alpha value is -1.35. The monoisotopic (exact) mass is 201 g/mol. The Balaban J connectivity index is 1.84. The number of fused-ring (bicyclic) bond motifs is 1. The van der Waals surface area contributed by atoms with E-state index in [4.69, 9.17) is 0 Å². The molecule has 0 radical (unpaired) electrons. The number of rotatable bonds is 2. The number of pyridine rings is 1. The number of nitrogens with zero attached hydrogens (tertiary/aromatic N) is 3. The van der Waals surface area contributed by atoms with E-state index < -0.39 is 0 Å². The largest absolute Gasteiger partial charge is 0.307 e. The highest BCUT2D eigenvalue weighted by Crippen LogP contribution is 2.12. The lowest BCUT2D eigenvalue weighted by Gasteiger charge is -2.11. The van der Waals surface area contributed by atoms with Crippen LogP contribution in [0.1, 0.15) is 18.5 Å². The van der Waals surface area contributed by atoms with Gasteiger partial charge in [-0.3, -0.25) is 4.90 Å². The SMILES string of the molecule is c1ccn2cc(CN3CCCC3)nc2c1. The van der Waals surface area contributed by atoms with Crippen molar-refractivity contribution in [3.05, 3.63) is 36.3 Å². The zero-order valence-corrected chi connectivity index (χ0v) is 8.76. The lowest BCUT2D eigenvalue weighted by molar-refractivity contribution is 0.328. The van der Waals surface area contributed by atoms with E-state index in [9.17, 15) is 0 Å². The first-order valence-corrected chi connectivity index (χ1v) is 5.57. The average Bonchev–Trinajstić information content (AvgIpc) is 2.86. The Labute approximate surface area is 89.3 Å². The van der Waals surface area contributed by atoms with Crippen molar-refractivity contribution in [3.8, 4) is 0 Å². The normalized spacial score (nSPS) is 17.6. The van der Waals surface area contributed by atoms with E-state index in [1.54, 1.807) is 0 Å². The smallest absolute Gasteiger partial charge is 0.137 e. The van der Waals surface area contributed by atoms with Gasteiger partial charge in [-0.25, -0.2) is 4.98 Å². The predicted molar refractivity (Wildman–Crippen MR) is 59.7 cm³/mol. The van der Waals surface area contributed by atoms with Crippen LogP contribution in [0.2, 0.25) is 0 Å². The van der Waals surface area contributed by atoms with Gasteiger partial charge in [-0.2, -0.15) is 0 Å². The molecule has 1 saturated heterocycles. The van der Waals surface area contributed by atoms with Gasteiger partial charge >= 0.3 is 0 Å². The van der Waals surface area contributed by atoms with Gasteiger partial charge in [-0.1, -0.05) is 6.07 Å². The molecule has 2 aromatic rings. The number of hydrogen-bond donors (Lipinski definition) is 0. The van der Waals surface area contributed by atoms with Gasteiger partial charge in [-0.05, 0) is 38.1 Å². The number of imidazole rings is 1. The zero-order chi connectivity index (χ0) is 10.1. The topological polar surface area (TPSA) is 20.5 Å². The standard InChI is InChI=1S/C12H15N3/c1-2-8-15-10-11(13-12(15)5-1)9-14-6-3-4-7-14/h1-2,5,8,10H,3-4,6-7,9H2. The van der Waals surface area contributed by atoms with Gasteiger partial charge in [0.2, 0.25) is 0 Å². The van der Waals surface area contributed by atoms with Crippen LogP contribution in [0.15, 0.2) is 30.6 Å². The summed E-state index contributed by atoms with van der Waals surface area (Å²) in [5.41, 5.74) is 2.23. The molecule has 0 saturated carbocycles. The van der Waals surface area contributed by atoms with Crippen molar-refractivity contribution in [3.63, 3.8) is 0 Å². The van der Waals surface area contributed by atoms with E-state index in [0.717, 1.165) is 12.2 Å². The molecule has 3 rings (SSSR count). The quantitative estimate of drug-likeness (QED) is 0.740. The van der Waals surface area contributed by atoms with Gasteiger partial charge in [0, 0.05) is 18.9 Å². The van der Waals surface area contributed by atoms with Gasteiger partial charge in [0.1, 0.15) is 5.65 Å².